The number of H-pyrrole nitrogens is 1. The highest BCUT2D eigenvalue weighted by atomic mass is 16.5. The van der Waals surface area contributed by atoms with Gasteiger partial charge in [0.15, 0.2) is 0 Å². The van der Waals surface area contributed by atoms with Gasteiger partial charge in [-0.25, -0.2) is 0 Å². The van der Waals surface area contributed by atoms with Crippen molar-refractivity contribution in [2.24, 2.45) is 0 Å². The third-order valence-electron chi connectivity index (χ3n) is 2.39. The van der Waals surface area contributed by atoms with E-state index in [1.807, 2.05) is 18.3 Å². The molecule has 2 heteroatoms. The Morgan fingerprint density at radius 1 is 1.23 bits per heavy atom. The van der Waals surface area contributed by atoms with Crippen molar-refractivity contribution < 1.29 is 4.74 Å². The summed E-state index contributed by atoms with van der Waals surface area (Å²) in [6.45, 7) is 0. The maximum absolute atomic E-state index is 5.49. The monoisotopic (exact) mass is 171 g/mol. The van der Waals surface area contributed by atoms with Gasteiger partial charge in [0.05, 0.1) is 6.26 Å². The van der Waals surface area contributed by atoms with Crippen LogP contribution in [0.2, 0.25) is 0 Å². The van der Waals surface area contributed by atoms with Crippen LogP contribution >= 0.6 is 0 Å². The molecule has 64 valence electrons. The molecular weight excluding hydrogens is 162 g/mol. The molecule has 0 saturated heterocycles. The van der Waals surface area contributed by atoms with Crippen molar-refractivity contribution in [1.82, 2.24) is 4.98 Å². The van der Waals surface area contributed by atoms with Gasteiger partial charge in [-0.05, 0) is 30.2 Å². The molecule has 1 aromatic carbocycles. The van der Waals surface area contributed by atoms with Gasteiger partial charge in [-0.2, -0.15) is 0 Å². The summed E-state index contributed by atoms with van der Waals surface area (Å²) in [5.74, 6) is 1.00. The summed E-state index contributed by atoms with van der Waals surface area (Å²) < 4.78 is 5.49. The van der Waals surface area contributed by atoms with E-state index in [0.717, 1.165) is 17.7 Å². The molecule has 0 amide bonds. The Morgan fingerprint density at radius 3 is 3.23 bits per heavy atom. The summed E-state index contributed by atoms with van der Waals surface area (Å²) >= 11 is 0. The van der Waals surface area contributed by atoms with Gasteiger partial charge in [0.1, 0.15) is 5.75 Å². The van der Waals surface area contributed by atoms with Crippen molar-refractivity contribution in [3.8, 4) is 5.75 Å². The Balaban J connectivity index is 2.38. The van der Waals surface area contributed by atoms with Gasteiger partial charge in [-0.3, -0.25) is 0 Å². The van der Waals surface area contributed by atoms with Gasteiger partial charge in [0.2, 0.25) is 0 Å². The quantitative estimate of drug-likeness (QED) is 0.647. The van der Waals surface area contributed by atoms with E-state index >= 15 is 0 Å². The van der Waals surface area contributed by atoms with Crippen LogP contribution in [0.1, 0.15) is 5.56 Å². The van der Waals surface area contributed by atoms with Crippen molar-refractivity contribution >= 4 is 10.9 Å². The van der Waals surface area contributed by atoms with Crippen LogP contribution in [0.25, 0.3) is 10.9 Å². The Kier molecular flexibility index (Phi) is 1.25. The molecule has 0 bridgehead atoms. The first-order valence-electron chi connectivity index (χ1n) is 4.36. The highest BCUT2D eigenvalue weighted by Crippen LogP contribution is 2.31. The molecule has 1 aliphatic rings. The fourth-order valence-electron chi connectivity index (χ4n) is 1.74. The molecule has 1 aromatic heterocycles. The second kappa shape index (κ2) is 2.39. The van der Waals surface area contributed by atoms with Crippen LogP contribution in [0, 0.1) is 0 Å². The second-order valence-electron chi connectivity index (χ2n) is 3.19. The Bertz CT molecular complexity index is 482. The summed E-state index contributed by atoms with van der Waals surface area (Å²) in [7, 11) is 0. The molecule has 0 fully saturated rings. The molecule has 0 saturated carbocycles. The molecular formula is C11H9NO. The predicted molar refractivity (Wildman–Crippen MR) is 51.8 cm³/mol. The van der Waals surface area contributed by atoms with Crippen molar-refractivity contribution in [1.29, 1.82) is 0 Å². The number of hydrogen-bond donors (Lipinski definition) is 1. The first-order chi connectivity index (χ1) is 6.45. The molecule has 1 aliphatic heterocycles. The van der Waals surface area contributed by atoms with Gasteiger partial charge in [0, 0.05) is 17.1 Å². The zero-order valence-corrected chi connectivity index (χ0v) is 7.08. The molecule has 3 rings (SSSR count). The largest absolute Gasteiger partial charge is 0.464 e. The van der Waals surface area contributed by atoms with Gasteiger partial charge in [0.25, 0.3) is 0 Å². The number of allylic oxidation sites excluding steroid dienone is 1. The van der Waals surface area contributed by atoms with E-state index in [9.17, 15) is 0 Å². The maximum atomic E-state index is 5.49. The predicted octanol–water partition coefficient (Wildman–Crippen LogP) is 2.62. The van der Waals surface area contributed by atoms with Gasteiger partial charge < -0.3 is 9.72 Å². The molecule has 2 aromatic rings. The molecule has 13 heavy (non-hydrogen) atoms. The van der Waals surface area contributed by atoms with E-state index in [2.05, 4.69) is 17.1 Å². The minimum absolute atomic E-state index is 0.969. The number of ether oxygens (including phenoxy) is 1. The van der Waals surface area contributed by atoms with Crippen LogP contribution in [0.4, 0.5) is 0 Å². The van der Waals surface area contributed by atoms with E-state index in [0.29, 0.717) is 0 Å². The highest BCUT2D eigenvalue weighted by Gasteiger charge is 2.10. The zero-order chi connectivity index (χ0) is 8.67. The van der Waals surface area contributed by atoms with Crippen LogP contribution in [0.15, 0.2) is 36.7 Å². The molecule has 0 aliphatic carbocycles. The van der Waals surface area contributed by atoms with Crippen molar-refractivity contribution in [3.63, 3.8) is 0 Å². The zero-order valence-electron chi connectivity index (χ0n) is 7.08. The van der Waals surface area contributed by atoms with Gasteiger partial charge in [-0.15, -0.1) is 0 Å². The molecule has 0 atom stereocenters. The SMILES string of the molecule is C1=COc2c(ccc3[nH]ccc23)C1. The second-order valence-corrected chi connectivity index (χ2v) is 3.19. The Hall–Kier alpha value is -1.70. The Labute approximate surface area is 75.8 Å². The normalized spacial score (nSPS) is 14.2. The molecule has 0 spiro atoms. The number of fused-ring (bicyclic) bond motifs is 3. The van der Waals surface area contributed by atoms with Crippen molar-refractivity contribution in [2.75, 3.05) is 0 Å². The Morgan fingerprint density at radius 2 is 2.23 bits per heavy atom. The number of rotatable bonds is 0. The van der Waals surface area contributed by atoms with Gasteiger partial charge in [-0.1, -0.05) is 6.07 Å². The number of nitrogens with one attached hydrogen (secondary N) is 1. The summed E-state index contributed by atoms with van der Waals surface area (Å²) in [4.78, 5) is 3.17. The maximum Gasteiger partial charge on any atom is 0.139 e. The lowest BCUT2D eigenvalue weighted by atomic mass is 10.1. The summed E-state index contributed by atoms with van der Waals surface area (Å²) in [6, 6.07) is 6.25. The minimum atomic E-state index is 0.969. The number of aromatic amines is 1. The average Bonchev–Trinajstić information content (AvgIpc) is 2.65. The molecule has 2 heterocycles. The fourth-order valence-corrected chi connectivity index (χ4v) is 1.74. The molecule has 1 N–H and O–H groups in total. The van der Waals surface area contributed by atoms with Crippen molar-refractivity contribution in [3.05, 3.63) is 42.3 Å². The molecule has 0 unspecified atom stereocenters. The fraction of sp³-hybridized carbons (Fsp3) is 0.0909. The van der Waals surface area contributed by atoms with Crippen LogP contribution in [0.5, 0.6) is 5.75 Å². The number of benzene rings is 1. The minimum Gasteiger partial charge on any atom is -0.464 e. The van der Waals surface area contributed by atoms with Crippen molar-refractivity contribution in [2.45, 2.75) is 6.42 Å². The molecule has 2 nitrogen and oxygen atoms in total. The summed E-state index contributed by atoms with van der Waals surface area (Å²) in [6.07, 6.45) is 6.69. The topological polar surface area (TPSA) is 25.0 Å². The van der Waals surface area contributed by atoms with Crippen LogP contribution < -0.4 is 4.74 Å². The third-order valence-corrected chi connectivity index (χ3v) is 2.39. The van der Waals surface area contributed by atoms with E-state index in [1.54, 1.807) is 6.26 Å². The standard InChI is InChI=1S/C11H9NO/c1-2-8-3-4-10-9(5-6-12-10)11(8)13-7-1/h1,3-7,12H,2H2. The van der Waals surface area contributed by atoms with E-state index in [-0.39, 0.29) is 0 Å². The average molecular weight is 171 g/mol. The van der Waals surface area contributed by atoms with Gasteiger partial charge >= 0.3 is 0 Å². The molecule has 0 radical (unpaired) electrons. The summed E-state index contributed by atoms with van der Waals surface area (Å²) in [5.41, 5.74) is 2.39. The first kappa shape index (κ1) is 6.78. The number of hydrogen-bond acceptors (Lipinski definition) is 1. The lowest BCUT2D eigenvalue weighted by Crippen LogP contribution is -1.96. The van der Waals surface area contributed by atoms with E-state index in [1.165, 1.54) is 10.9 Å². The van der Waals surface area contributed by atoms with Crippen LogP contribution in [0.3, 0.4) is 0 Å². The van der Waals surface area contributed by atoms with Crippen LogP contribution in [-0.2, 0) is 6.42 Å². The van der Waals surface area contributed by atoms with E-state index in [4.69, 9.17) is 4.74 Å². The number of aromatic nitrogens is 1. The lowest BCUT2D eigenvalue weighted by molar-refractivity contribution is 0.470. The summed E-state index contributed by atoms with van der Waals surface area (Å²) in [5, 5.41) is 1.17. The highest BCUT2D eigenvalue weighted by molar-refractivity contribution is 5.87. The van der Waals surface area contributed by atoms with E-state index < -0.39 is 0 Å². The third kappa shape index (κ3) is 0.886. The lowest BCUT2D eigenvalue weighted by Gasteiger charge is -2.12. The smallest absolute Gasteiger partial charge is 0.139 e. The first-order valence-corrected chi connectivity index (χ1v) is 4.36. The van der Waals surface area contributed by atoms with Crippen LogP contribution in [-0.4, -0.2) is 4.98 Å².